The second-order valence-electron chi connectivity index (χ2n) is 7.36. The van der Waals surface area contributed by atoms with Crippen LogP contribution in [0.4, 0.5) is 0 Å². The van der Waals surface area contributed by atoms with E-state index < -0.39 is 12.0 Å². The summed E-state index contributed by atoms with van der Waals surface area (Å²) >= 11 is 0. The minimum atomic E-state index is -0.785. The van der Waals surface area contributed by atoms with Crippen LogP contribution in [0.2, 0.25) is 0 Å². The molecule has 0 heterocycles. The molecule has 0 rings (SSSR count). The molecule has 2 N–H and O–H groups in total. The highest BCUT2D eigenvalue weighted by molar-refractivity contribution is 5.87. The zero-order valence-corrected chi connectivity index (χ0v) is 16.0. The Bertz CT molecular complexity index is 387. The van der Waals surface area contributed by atoms with Crippen molar-refractivity contribution in [1.82, 2.24) is 5.32 Å². The van der Waals surface area contributed by atoms with Crippen LogP contribution in [-0.4, -0.2) is 55.2 Å². The van der Waals surface area contributed by atoms with Gasteiger partial charge in [0.2, 0.25) is 5.91 Å². The van der Waals surface area contributed by atoms with E-state index in [1.54, 1.807) is 6.08 Å². The van der Waals surface area contributed by atoms with E-state index >= 15 is 0 Å². The maximum atomic E-state index is 11.7. The van der Waals surface area contributed by atoms with E-state index in [-0.39, 0.29) is 5.91 Å². The van der Waals surface area contributed by atoms with Crippen molar-refractivity contribution in [1.29, 1.82) is 0 Å². The first kappa shape index (κ1) is 22.6. The number of nitrogens with one attached hydrogen (secondary N) is 1. The lowest BCUT2D eigenvalue weighted by Gasteiger charge is -2.31. The molecule has 0 aliphatic rings. The number of carboxylic acid groups (broad SMARTS) is 1. The van der Waals surface area contributed by atoms with Crippen molar-refractivity contribution in [3.63, 3.8) is 0 Å². The number of carbonyl (C=O) groups excluding carboxylic acids is 1. The monoisotopic (exact) mass is 341 g/mol. The van der Waals surface area contributed by atoms with Gasteiger partial charge in [-0.25, -0.2) is 4.79 Å². The molecule has 5 nitrogen and oxygen atoms in total. The van der Waals surface area contributed by atoms with Crippen LogP contribution in [0.1, 0.15) is 64.7 Å². The van der Waals surface area contributed by atoms with Crippen LogP contribution in [0.5, 0.6) is 0 Å². The maximum absolute atomic E-state index is 11.7. The Balaban J connectivity index is 3.75. The highest BCUT2D eigenvalue weighted by Crippen LogP contribution is 2.10. The molecule has 0 saturated carbocycles. The van der Waals surface area contributed by atoms with Gasteiger partial charge in [0.05, 0.1) is 21.1 Å². The number of rotatable bonds is 14. The molecular formula is C19H37N2O3+. The third kappa shape index (κ3) is 12.1. The van der Waals surface area contributed by atoms with Gasteiger partial charge in [-0.15, -0.1) is 0 Å². The highest BCUT2D eigenvalue weighted by Gasteiger charge is 2.30. The van der Waals surface area contributed by atoms with Gasteiger partial charge >= 0.3 is 5.97 Å². The molecule has 0 saturated heterocycles. The number of carboxylic acids is 1. The summed E-state index contributed by atoms with van der Waals surface area (Å²) in [7, 11) is 5.63. The minimum Gasteiger partial charge on any atom is -0.477 e. The number of unbranched alkanes of at least 4 members (excludes halogenated alkanes) is 6. The second kappa shape index (κ2) is 13.0. The van der Waals surface area contributed by atoms with E-state index in [1.165, 1.54) is 32.1 Å². The Labute approximate surface area is 147 Å². The number of allylic oxidation sites excluding steroid dienone is 1. The topological polar surface area (TPSA) is 66.4 Å². The smallest absolute Gasteiger partial charge is 0.362 e. The summed E-state index contributed by atoms with van der Waals surface area (Å²) in [5, 5.41) is 12.1. The van der Waals surface area contributed by atoms with Gasteiger partial charge in [0.1, 0.15) is 0 Å². The molecule has 0 spiro atoms. The van der Waals surface area contributed by atoms with E-state index in [9.17, 15) is 14.7 Å². The van der Waals surface area contributed by atoms with Gasteiger partial charge < -0.3 is 14.9 Å². The quantitative estimate of drug-likeness (QED) is 0.289. The number of quaternary nitrogens is 1. The summed E-state index contributed by atoms with van der Waals surface area (Å²) in [6.07, 6.45) is 13.2. The van der Waals surface area contributed by atoms with Gasteiger partial charge in [-0.05, 0) is 25.3 Å². The average molecular weight is 342 g/mol. The Hall–Kier alpha value is -1.36. The summed E-state index contributed by atoms with van der Waals surface area (Å²) in [6.45, 7) is 2.73. The largest absolute Gasteiger partial charge is 0.477 e. The van der Waals surface area contributed by atoms with E-state index in [0.29, 0.717) is 23.9 Å². The van der Waals surface area contributed by atoms with Gasteiger partial charge in [-0.3, -0.25) is 4.79 Å². The average Bonchev–Trinajstić information content (AvgIpc) is 2.48. The first-order valence-corrected chi connectivity index (χ1v) is 9.27. The number of amides is 1. The number of carbonyl (C=O) groups is 2. The Morgan fingerprint density at radius 2 is 1.67 bits per heavy atom. The van der Waals surface area contributed by atoms with E-state index in [0.717, 1.165) is 12.8 Å². The van der Waals surface area contributed by atoms with E-state index in [4.69, 9.17) is 0 Å². The lowest BCUT2D eigenvalue weighted by atomic mass is 10.1. The molecule has 1 amide bonds. The highest BCUT2D eigenvalue weighted by atomic mass is 16.4. The maximum Gasteiger partial charge on any atom is 0.362 e. The zero-order valence-electron chi connectivity index (χ0n) is 16.0. The summed E-state index contributed by atoms with van der Waals surface area (Å²) < 4.78 is 0.390. The molecule has 0 aliphatic carbocycles. The van der Waals surface area contributed by atoms with Crippen molar-refractivity contribution in [2.24, 2.45) is 0 Å². The predicted molar refractivity (Wildman–Crippen MR) is 98.8 cm³/mol. The lowest BCUT2D eigenvalue weighted by Crippen LogP contribution is -2.50. The summed E-state index contributed by atoms with van der Waals surface area (Å²) in [5.74, 6) is -0.870. The first-order chi connectivity index (χ1) is 11.3. The first-order valence-electron chi connectivity index (χ1n) is 9.27. The van der Waals surface area contributed by atoms with Crippen molar-refractivity contribution in [3.8, 4) is 0 Å². The van der Waals surface area contributed by atoms with Crippen LogP contribution in [0, 0.1) is 0 Å². The van der Waals surface area contributed by atoms with Crippen molar-refractivity contribution < 1.29 is 19.2 Å². The standard InChI is InChI=1S/C19H36N2O3/c1-5-6-7-8-9-10-11-12-15-18(22)20-16-13-14-17(19(23)24)21(2,3)4/h12,15,17H,5-11,13-14,16H2,1-4H3,(H-,20,22,23,24)/p+1. The fraction of sp³-hybridized carbons (Fsp3) is 0.789. The molecule has 1 atom stereocenters. The molecule has 24 heavy (non-hydrogen) atoms. The molecular weight excluding hydrogens is 304 g/mol. The van der Waals surface area contributed by atoms with Gasteiger partial charge in [0.25, 0.3) is 0 Å². The summed E-state index contributed by atoms with van der Waals surface area (Å²) in [4.78, 5) is 22.9. The predicted octanol–water partition coefficient (Wildman–Crippen LogP) is 3.35. The van der Waals surface area contributed by atoms with Crippen LogP contribution in [0.15, 0.2) is 12.2 Å². The van der Waals surface area contributed by atoms with Gasteiger partial charge in [0, 0.05) is 13.0 Å². The lowest BCUT2D eigenvalue weighted by molar-refractivity contribution is -0.887. The Morgan fingerprint density at radius 3 is 2.25 bits per heavy atom. The van der Waals surface area contributed by atoms with Crippen molar-refractivity contribution >= 4 is 11.9 Å². The van der Waals surface area contributed by atoms with Gasteiger partial charge in [-0.1, -0.05) is 45.1 Å². The molecule has 0 aromatic heterocycles. The van der Waals surface area contributed by atoms with Gasteiger partial charge in [0.15, 0.2) is 6.04 Å². The van der Waals surface area contributed by atoms with Crippen LogP contribution in [0.3, 0.4) is 0 Å². The zero-order chi connectivity index (χ0) is 18.4. The van der Waals surface area contributed by atoms with Crippen LogP contribution in [0.25, 0.3) is 0 Å². The fourth-order valence-electron chi connectivity index (χ4n) is 2.64. The molecule has 0 fully saturated rings. The van der Waals surface area contributed by atoms with Crippen LogP contribution < -0.4 is 5.32 Å². The molecule has 0 aromatic rings. The SMILES string of the molecule is CCCCCCCCC=CC(=O)NCCCC(C(=O)O)[N+](C)(C)C. The van der Waals surface area contributed by atoms with Crippen molar-refractivity contribution in [3.05, 3.63) is 12.2 Å². The second-order valence-corrected chi connectivity index (χ2v) is 7.36. The molecule has 0 bridgehead atoms. The fourth-order valence-corrected chi connectivity index (χ4v) is 2.64. The summed E-state index contributed by atoms with van der Waals surface area (Å²) in [5.41, 5.74) is 0. The molecule has 0 aromatic carbocycles. The van der Waals surface area contributed by atoms with Crippen molar-refractivity contribution in [2.45, 2.75) is 70.8 Å². The van der Waals surface area contributed by atoms with Crippen LogP contribution >= 0.6 is 0 Å². The van der Waals surface area contributed by atoms with E-state index in [1.807, 2.05) is 27.2 Å². The minimum absolute atomic E-state index is 0.0851. The number of hydrogen-bond acceptors (Lipinski definition) is 2. The molecule has 0 aliphatic heterocycles. The number of aliphatic carboxylic acids is 1. The third-order valence-electron chi connectivity index (χ3n) is 4.17. The normalized spacial score (nSPS) is 13.2. The van der Waals surface area contributed by atoms with Gasteiger partial charge in [-0.2, -0.15) is 0 Å². The van der Waals surface area contributed by atoms with E-state index in [2.05, 4.69) is 12.2 Å². The number of hydrogen-bond donors (Lipinski definition) is 2. The number of nitrogens with zero attached hydrogens (tertiary/aromatic N) is 1. The number of likely N-dealkylation sites (N-methyl/N-ethyl adjacent to an activating group) is 1. The molecule has 0 radical (unpaired) electrons. The Kier molecular flexibility index (Phi) is 12.3. The van der Waals surface area contributed by atoms with Crippen LogP contribution in [-0.2, 0) is 9.59 Å². The molecule has 140 valence electrons. The molecule has 5 heteroatoms. The Morgan fingerprint density at radius 1 is 1.04 bits per heavy atom. The third-order valence-corrected chi connectivity index (χ3v) is 4.17. The van der Waals surface area contributed by atoms with Crippen molar-refractivity contribution in [2.75, 3.05) is 27.7 Å². The molecule has 1 unspecified atom stereocenters. The summed E-state index contributed by atoms with van der Waals surface area (Å²) in [6, 6.07) is -0.440.